The lowest BCUT2D eigenvalue weighted by Crippen LogP contribution is -2.04. The van der Waals surface area contributed by atoms with E-state index in [0.29, 0.717) is 10.6 Å². The molecule has 2 N–H and O–H groups in total. The van der Waals surface area contributed by atoms with E-state index in [1.807, 2.05) is 0 Å². The van der Waals surface area contributed by atoms with Gasteiger partial charge in [0.15, 0.2) is 0 Å². The highest BCUT2D eigenvalue weighted by Crippen LogP contribution is 2.16. The Bertz CT molecular complexity index is 301. The summed E-state index contributed by atoms with van der Waals surface area (Å²) in [5.74, 6) is 5.10. The number of halogens is 2. The number of hydrogen-bond donors (Lipinski definition) is 1. The van der Waals surface area contributed by atoms with Crippen molar-refractivity contribution in [2.24, 2.45) is 10.9 Å². The van der Waals surface area contributed by atoms with Crippen LogP contribution in [-0.2, 0) is 4.29 Å². The Morgan fingerprint density at radius 3 is 2.58 bits per heavy atom. The predicted octanol–water partition coefficient (Wildman–Crippen LogP) is 2.13. The van der Waals surface area contributed by atoms with Crippen LogP contribution in [0.15, 0.2) is 29.4 Å². The molecule has 64 valence electrons. The number of hydrogen-bond acceptors (Lipinski definition) is 3. The van der Waals surface area contributed by atoms with E-state index in [2.05, 4.69) is 9.39 Å². The van der Waals surface area contributed by atoms with Gasteiger partial charge >= 0.3 is 0 Å². The van der Waals surface area contributed by atoms with Gasteiger partial charge in [-0.05, 0) is 12.1 Å². The lowest BCUT2D eigenvalue weighted by atomic mass is 10.2. The molecule has 0 unspecified atom stereocenters. The summed E-state index contributed by atoms with van der Waals surface area (Å²) in [6.07, 6.45) is 0. The molecule has 0 spiro atoms. The average molecular weight is 205 g/mol. The smallest absolute Gasteiger partial charge is 0.261 e. The Balaban J connectivity index is 3.10. The second-order valence-corrected chi connectivity index (χ2v) is 2.55. The Morgan fingerprint density at radius 2 is 2.08 bits per heavy atom. The van der Waals surface area contributed by atoms with Gasteiger partial charge in [-0.2, -0.15) is 0 Å². The summed E-state index contributed by atoms with van der Waals surface area (Å²) >= 11 is 10.9. The van der Waals surface area contributed by atoms with Crippen molar-refractivity contribution in [3.63, 3.8) is 0 Å². The maximum Gasteiger partial charge on any atom is 0.261 e. The molecule has 1 aromatic rings. The third-order valence-corrected chi connectivity index (χ3v) is 1.77. The molecule has 0 fully saturated rings. The predicted molar refractivity (Wildman–Crippen MR) is 49.1 cm³/mol. The number of hydrazone groups is 1. The van der Waals surface area contributed by atoms with Crippen LogP contribution in [0.2, 0.25) is 5.02 Å². The highest BCUT2D eigenvalue weighted by Gasteiger charge is 2.07. The molecule has 0 saturated heterocycles. The summed E-state index contributed by atoms with van der Waals surface area (Å²) < 4.78 is 4.38. The first-order valence-electron chi connectivity index (χ1n) is 3.11. The van der Waals surface area contributed by atoms with Crippen LogP contribution < -0.4 is 5.84 Å². The summed E-state index contributed by atoms with van der Waals surface area (Å²) in [6, 6.07) is 6.96. The molecule has 0 aliphatic heterocycles. The first-order valence-corrected chi connectivity index (χ1v) is 3.79. The van der Waals surface area contributed by atoms with Crippen LogP contribution in [-0.4, -0.2) is 5.90 Å². The maximum atomic E-state index is 5.80. The first kappa shape index (κ1) is 9.16. The van der Waals surface area contributed by atoms with Crippen molar-refractivity contribution < 1.29 is 4.29 Å². The number of nitrogens with two attached hydrogens (primary N) is 1. The zero-order valence-electron chi connectivity index (χ0n) is 6.00. The van der Waals surface area contributed by atoms with Crippen molar-refractivity contribution in [3.05, 3.63) is 34.9 Å². The van der Waals surface area contributed by atoms with E-state index < -0.39 is 0 Å². The minimum Gasteiger partial charge on any atom is -0.363 e. The van der Waals surface area contributed by atoms with Gasteiger partial charge < -0.3 is 10.1 Å². The fourth-order valence-electron chi connectivity index (χ4n) is 0.766. The molecule has 0 atom stereocenters. The highest BCUT2D eigenvalue weighted by molar-refractivity contribution is 6.34. The third kappa shape index (κ3) is 1.81. The molecule has 0 saturated carbocycles. The number of benzene rings is 1. The quantitative estimate of drug-likeness (QED) is 0.330. The third-order valence-electron chi connectivity index (χ3n) is 1.29. The van der Waals surface area contributed by atoms with E-state index in [9.17, 15) is 0 Å². The second kappa shape index (κ2) is 4.18. The minimum atomic E-state index is 0.0993. The summed E-state index contributed by atoms with van der Waals surface area (Å²) in [5.41, 5.74) is 0.566. The molecule has 0 aliphatic rings. The van der Waals surface area contributed by atoms with E-state index >= 15 is 0 Å². The molecule has 0 aliphatic carbocycles. The molecule has 0 radical (unpaired) electrons. The molecule has 1 aromatic carbocycles. The van der Waals surface area contributed by atoms with Crippen LogP contribution in [0.3, 0.4) is 0 Å². The molecule has 0 amide bonds. The monoisotopic (exact) mass is 204 g/mol. The summed E-state index contributed by atoms with van der Waals surface area (Å²) in [7, 11) is 0. The summed E-state index contributed by atoms with van der Waals surface area (Å²) in [4.78, 5) is 0. The number of rotatable bonds is 1. The molecule has 3 nitrogen and oxygen atoms in total. The van der Waals surface area contributed by atoms with Crippen LogP contribution in [0.25, 0.3) is 0 Å². The van der Waals surface area contributed by atoms with E-state index in [0.717, 1.165) is 0 Å². The van der Waals surface area contributed by atoms with E-state index in [1.54, 1.807) is 24.3 Å². The molecular formula is C7H6Cl2N2O. The molecule has 0 heterocycles. The maximum absolute atomic E-state index is 5.80. The molecular weight excluding hydrogens is 199 g/mol. The Kier molecular flexibility index (Phi) is 3.19. The van der Waals surface area contributed by atoms with Crippen molar-refractivity contribution in [3.8, 4) is 0 Å². The van der Waals surface area contributed by atoms with Crippen molar-refractivity contribution in [1.82, 2.24) is 0 Å². The Hall–Kier alpha value is -0.930. The molecule has 12 heavy (non-hydrogen) atoms. The first-order chi connectivity index (χ1) is 5.79. The van der Waals surface area contributed by atoms with Crippen molar-refractivity contribution in [2.45, 2.75) is 0 Å². The normalized spacial score (nSPS) is 11.3. The van der Waals surface area contributed by atoms with Crippen molar-refractivity contribution >= 4 is 29.4 Å². The minimum absolute atomic E-state index is 0.0993. The number of nitrogens with zero attached hydrogens (tertiary/aromatic N) is 1. The Morgan fingerprint density at radius 1 is 1.42 bits per heavy atom. The van der Waals surface area contributed by atoms with E-state index in [-0.39, 0.29) is 5.90 Å². The summed E-state index contributed by atoms with van der Waals surface area (Å²) in [5, 5.41) is 3.80. The Labute approximate surface area is 79.9 Å². The van der Waals surface area contributed by atoms with Gasteiger partial charge in [0.05, 0.1) is 10.6 Å². The van der Waals surface area contributed by atoms with Gasteiger partial charge in [0.25, 0.3) is 5.90 Å². The van der Waals surface area contributed by atoms with E-state index in [1.165, 1.54) is 0 Å². The van der Waals surface area contributed by atoms with Gasteiger partial charge in [-0.15, -0.1) is 5.10 Å². The van der Waals surface area contributed by atoms with Gasteiger partial charge in [-0.1, -0.05) is 23.7 Å². The fraction of sp³-hybridized carbons (Fsp3) is 0. The average Bonchev–Trinajstić information content (AvgIpc) is 2.10. The largest absolute Gasteiger partial charge is 0.363 e. The van der Waals surface area contributed by atoms with Crippen LogP contribution in [0.4, 0.5) is 0 Å². The van der Waals surface area contributed by atoms with Gasteiger partial charge in [0, 0.05) is 0 Å². The van der Waals surface area contributed by atoms with Gasteiger partial charge in [-0.25, -0.2) is 0 Å². The van der Waals surface area contributed by atoms with Gasteiger partial charge in [0.2, 0.25) is 0 Å². The lowest BCUT2D eigenvalue weighted by Gasteiger charge is -2.01. The fourth-order valence-corrected chi connectivity index (χ4v) is 1.11. The van der Waals surface area contributed by atoms with Crippen LogP contribution in [0.5, 0.6) is 0 Å². The SMILES string of the molecule is NN=C(OCl)c1ccccc1Cl. The topological polar surface area (TPSA) is 47.6 Å². The van der Waals surface area contributed by atoms with Crippen molar-refractivity contribution in [1.29, 1.82) is 0 Å². The zero-order valence-corrected chi connectivity index (χ0v) is 7.51. The lowest BCUT2D eigenvalue weighted by molar-refractivity contribution is 0.613. The van der Waals surface area contributed by atoms with E-state index in [4.69, 9.17) is 29.3 Å². The van der Waals surface area contributed by atoms with Crippen LogP contribution in [0, 0.1) is 0 Å². The standard InChI is InChI=1S/C7H6Cl2N2O/c8-6-4-2-1-3-5(6)7(11-10)12-9/h1-4H,10H2. The highest BCUT2D eigenvalue weighted by atomic mass is 35.5. The zero-order chi connectivity index (χ0) is 8.97. The van der Waals surface area contributed by atoms with Crippen LogP contribution >= 0.6 is 23.5 Å². The molecule has 0 aromatic heterocycles. The molecule has 1 rings (SSSR count). The van der Waals surface area contributed by atoms with Gasteiger partial charge in [-0.3, -0.25) is 0 Å². The van der Waals surface area contributed by atoms with Gasteiger partial charge in [0.1, 0.15) is 11.9 Å². The van der Waals surface area contributed by atoms with Crippen LogP contribution in [0.1, 0.15) is 5.56 Å². The molecule has 0 bridgehead atoms. The molecule has 5 heteroatoms. The van der Waals surface area contributed by atoms with Crippen molar-refractivity contribution in [2.75, 3.05) is 0 Å². The summed E-state index contributed by atoms with van der Waals surface area (Å²) in [6.45, 7) is 0. The second-order valence-electron chi connectivity index (χ2n) is 1.99.